The minimum absolute atomic E-state index is 0.0706. The summed E-state index contributed by atoms with van der Waals surface area (Å²) in [5.41, 5.74) is 0. The Morgan fingerprint density at radius 3 is 1.85 bits per heavy atom. The first kappa shape index (κ1) is 42.1. The van der Waals surface area contributed by atoms with Gasteiger partial charge in [0.25, 0.3) is 0 Å². The van der Waals surface area contributed by atoms with Crippen LogP contribution in [0.5, 0.6) is 0 Å². The van der Waals surface area contributed by atoms with Crippen molar-refractivity contribution in [3.05, 3.63) is 0 Å². The van der Waals surface area contributed by atoms with Crippen LogP contribution in [0.2, 0.25) is 0 Å². The second kappa shape index (κ2) is 24.1. The third-order valence-electron chi connectivity index (χ3n) is 9.01. The van der Waals surface area contributed by atoms with Crippen molar-refractivity contribution < 1.29 is 46.9 Å². The molecule has 1 aliphatic heterocycles. The van der Waals surface area contributed by atoms with Gasteiger partial charge in [-0.3, -0.25) is 28.6 Å². The van der Waals surface area contributed by atoms with E-state index in [1.165, 1.54) is 19.3 Å². The van der Waals surface area contributed by atoms with E-state index in [1.807, 2.05) is 32.6 Å². The lowest BCUT2D eigenvalue weighted by molar-refractivity contribution is -0.210. The minimum Gasteiger partial charge on any atom is -0.464 e. The Bertz CT molecular complexity index is 992. The van der Waals surface area contributed by atoms with Gasteiger partial charge in [0.1, 0.15) is 6.61 Å². The Hall–Kier alpha value is -2.09. The molecule has 12 nitrogen and oxygen atoms in total. The molecule has 2 fully saturated rings. The number of hydrogen-bond donors (Lipinski definition) is 1. The van der Waals surface area contributed by atoms with Gasteiger partial charge in [-0.25, -0.2) is 8.51 Å². The molecule has 2 aliphatic rings. The number of esters is 4. The first-order valence-corrected chi connectivity index (χ1v) is 19.5. The summed E-state index contributed by atoms with van der Waals surface area (Å²) in [7, 11) is 0. The molecule has 1 saturated heterocycles. The molecule has 0 aromatic heterocycles. The fraction of sp³-hybridized carbons (Fsp3) is 0.886. The predicted molar refractivity (Wildman–Crippen MR) is 183 cm³/mol. The fourth-order valence-electron chi connectivity index (χ4n) is 6.52. The molecule has 1 unspecified atom stereocenters. The Balaban J connectivity index is 2.20. The molecule has 0 bridgehead atoms. The monoisotopic (exact) mass is 702 g/mol. The van der Waals surface area contributed by atoms with Crippen LogP contribution in [0.25, 0.3) is 0 Å². The summed E-state index contributed by atoms with van der Waals surface area (Å²) in [4.78, 5) is 52.9. The van der Waals surface area contributed by atoms with E-state index in [2.05, 4.69) is 0 Å². The van der Waals surface area contributed by atoms with E-state index in [-0.39, 0.29) is 44.8 Å². The van der Waals surface area contributed by atoms with Crippen molar-refractivity contribution in [2.45, 2.75) is 161 Å². The van der Waals surface area contributed by atoms with Crippen LogP contribution in [0.3, 0.4) is 0 Å². The average Bonchev–Trinajstić information content (AvgIpc) is 3.04. The van der Waals surface area contributed by atoms with E-state index in [9.17, 15) is 27.9 Å². The summed E-state index contributed by atoms with van der Waals surface area (Å²) in [5.74, 6) is -1.27. The van der Waals surface area contributed by atoms with Crippen molar-refractivity contribution in [1.29, 1.82) is 0 Å². The van der Waals surface area contributed by atoms with Crippen LogP contribution in [0.15, 0.2) is 0 Å². The van der Waals surface area contributed by atoms with Gasteiger partial charge in [0.15, 0.2) is 18.3 Å². The molecule has 1 N–H and O–H groups in total. The Kier molecular flexibility index (Phi) is 21.1. The van der Waals surface area contributed by atoms with Crippen LogP contribution in [0.4, 0.5) is 0 Å². The number of nitrogens with zero attached hydrogens (tertiary/aromatic N) is 2. The van der Waals surface area contributed by atoms with Gasteiger partial charge in [0, 0.05) is 45.3 Å². The quantitative estimate of drug-likeness (QED) is 0.0602. The number of likely N-dealkylation sites (tertiary alicyclic amines) is 1. The predicted octanol–water partition coefficient (Wildman–Crippen LogP) is 5.73. The summed E-state index contributed by atoms with van der Waals surface area (Å²) < 4.78 is 47.0. The first-order chi connectivity index (χ1) is 23.1. The number of hydrogen-bond acceptors (Lipinski definition) is 10. The minimum atomic E-state index is -1.99. The van der Waals surface area contributed by atoms with Gasteiger partial charge in [-0.05, 0) is 63.8 Å². The summed E-state index contributed by atoms with van der Waals surface area (Å²) >= 11 is -1.99. The number of unbranched alkanes of at least 4 members (excludes halogenated alkanes) is 3. The van der Waals surface area contributed by atoms with Crippen molar-refractivity contribution in [1.82, 2.24) is 9.21 Å². The largest absolute Gasteiger partial charge is 0.464 e. The van der Waals surface area contributed by atoms with Gasteiger partial charge >= 0.3 is 23.9 Å². The zero-order valence-corrected chi connectivity index (χ0v) is 30.7. The molecule has 0 spiro atoms. The lowest BCUT2D eigenvalue weighted by Crippen LogP contribution is -2.65. The molecular weight excluding hydrogens is 640 g/mol. The van der Waals surface area contributed by atoms with Crippen LogP contribution in [0.1, 0.15) is 137 Å². The summed E-state index contributed by atoms with van der Waals surface area (Å²) in [6.45, 7) is 9.35. The van der Waals surface area contributed by atoms with Crippen LogP contribution in [0, 0.1) is 5.92 Å². The summed E-state index contributed by atoms with van der Waals surface area (Å²) in [5, 5.41) is 0. The van der Waals surface area contributed by atoms with Crippen molar-refractivity contribution in [2.75, 3.05) is 32.8 Å². The van der Waals surface area contributed by atoms with Gasteiger partial charge < -0.3 is 18.9 Å². The number of piperidine rings is 1. The zero-order chi connectivity index (χ0) is 35.3. The highest BCUT2D eigenvalue weighted by atomic mass is 32.2. The molecule has 0 aromatic rings. The average molecular weight is 703 g/mol. The van der Waals surface area contributed by atoms with E-state index in [0.717, 1.165) is 38.5 Å². The normalized spacial score (nSPS) is 22.6. The lowest BCUT2D eigenvalue weighted by Gasteiger charge is -2.47. The number of carbonyl (C=O) groups is 4. The third kappa shape index (κ3) is 15.6. The number of rotatable bonds is 23. The highest BCUT2D eigenvalue weighted by Crippen LogP contribution is 2.29. The van der Waals surface area contributed by atoms with Crippen LogP contribution >= 0.6 is 0 Å². The maximum atomic E-state index is 12.9. The molecule has 1 heterocycles. The molecule has 0 amide bonds. The Morgan fingerprint density at radius 2 is 1.27 bits per heavy atom. The molecule has 278 valence electrons. The smallest absolute Gasteiger partial charge is 0.306 e. The van der Waals surface area contributed by atoms with Crippen LogP contribution in [-0.4, -0.2) is 99.0 Å². The Morgan fingerprint density at radius 1 is 0.729 bits per heavy atom. The van der Waals surface area contributed by atoms with Gasteiger partial charge in [-0.2, -0.15) is 0 Å². The highest BCUT2D eigenvalue weighted by Gasteiger charge is 2.50. The van der Waals surface area contributed by atoms with Crippen LogP contribution < -0.4 is 0 Å². The van der Waals surface area contributed by atoms with E-state index >= 15 is 0 Å². The first-order valence-electron chi connectivity index (χ1n) is 18.5. The van der Waals surface area contributed by atoms with Gasteiger partial charge in [-0.1, -0.05) is 59.8 Å². The zero-order valence-electron chi connectivity index (χ0n) is 29.9. The van der Waals surface area contributed by atoms with Crippen LogP contribution in [-0.2, 0) is 49.4 Å². The molecule has 48 heavy (non-hydrogen) atoms. The van der Waals surface area contributed by atoms with Crippen molar-refractivity contribution in [2.24, 2.45) is 5.92 Å². The van der Waals surface area contributed by atoms with E-state index < -0.39 is 53.5 Å². The molecular formula is C35H62N2O10S. The third-order valence-corrected chi connectivity index (χ3v) is 9.79. The maximum Gasteiger partial charge on any atom is 0.306 e. The second-order valence-corrected chi connectivity index (χ2v) is 14.2. The Labute approximate surface area is 290 Å². The summed E-state index contributed by atoms with van der Waals surface area (Å²) in [6.07, 6.45) is 9.19. The van der Waals surface area contributed by atoms with Crippen molar-refractivity contribution in [3.8, 4) is 0 Å². The van der Waals surface area contributed by atoms with Crippen molar-refractivity contribution in [3.63, 3.8) is 0 Å². The molecule has 1 aliphatic carbocycles. The lowest BCUT2D eigenvalue weighted by atomic mass is 9.89. The molecule has 0 aromatic carbocycles. The maximum absolute atomic E-state index is 12.9. The highest BCUT2D eigenvalue weighted by molar-refractivity contribution is 7.76. The topological polar surface area (TPSA) is 149 Å². The SMILES string of the molecule is CCCC(=O)OC[C@@H]1[C@@H](OC(=O)CCC)[C@H](OC(=O)CCC)[C@@H](OC(=O)CCC)CN1CCCCCCN(CC1CCCCC1)S(=O)O. The van der Waals surface area contributed by atoms with E-state index in [1.54, 1.807) is 4.31 Å². The number of carbonyl (C=O) groups excluding carboxylic acids is 4. The summed E-state index contributed by atoms with van der Waals surface area (Å²) in [6, 6.07) is -0.616. The number of ether oxygens (including phenoxy) is 4. The van der Waals surface area contributed by atoms with Gasteiger partial charge in [-0.15, -0.1) is 0 Å². The van der Waals surface area contributed by atoms with Gasteiger partial charge in [0.2, 0.25) is 11.3 Å². The van der Waals surface area contributed by atoms with Gasteiger partial charge in [0.05, 0.1) is 6.04 Å². The second-order valence-electron chi connectivity index (χ2n) is 13.2. The molecule has 5 atom stereocenters. The fourth-order valence-corrected chi connectivity index (χ4v) is 7.15. The molecule has 2 rings (SSSR count). The molecule has 0 radical (unpaired) electrons. The molecule has 1 saturated carbocycles. The van der Waals surface area contributed by atoms with Crippen molar-refractivity contribution >= 4 is 35.1 Å². The van der Waals surface area contributed by atoms with E-state index in [4.69, 9.17) is 18.9 Å². The van der Waals surface area contributed by atoms with E-state index in [0.29, 0.717) is 51.2 Å². The standard InChI is InChI=1S/C35H62N2O10S/c1-5-16-30(38)44-26-28-34(46-32(40)18-7-3)35(47-33(41)19-8-4)29(45-31(39)17-6-2)25-36(28)22-14-9-10-15-23-37(48(42)43)24-27-20-12-11-13-21-27/h27-29,34-35H,5-26H2,1-4H3,(H,42,43)/t28-,29+,34-,35-/m1/s1. The molecule has 13 heteroatoms.